The number of nitrogens with one attached hydrogen (secondary N) is 1. The van der Waals surface area contributed by atoms with E-state index in [1.165, 1.54) is 30.3 Å². The summed E-state index contributed by atoms with van der Waals surface area (Å²) in [6.07, 6.45) is 2.16. The standard InChI is InChI=1S/C30H32N2O9S/c1-3-4-13-32(2,18-42(37,38)39)14-5-12-31-28(35)19-6-9-23-22(15-19)29(36)41-30(23)24-10-7-20(33)16-26(24)40-27-17-21(34)8-11-25(27)30/h6-11,15-17H,3-5,12-14,18H2,1-2H3,(H3-,31,33,34,35,37,38,39)/p+1. The van der Waals surface area contributed by atoms with Crippen molar-refractivity contribution in [2.24, 2.45) is 0 Å². The molecule has 1 spiro atoms. The van der Waals surface area contributed by atoms with Crippen molar-refractivity contribution in [3.05, 3.63) is 82.4 Å². The summed E-state index contributed by atoms with van der Waals surface area (Å²) >= 11 is 0. The highest BCUT2D eigenvalue weighted by atomic mass is 32.2. The first kappa shape index (κ1) is 29.4. The quantitative estimate of drug-likeness (QED) is 0.118. The number of phenolic OH excluding ortho intramolecular Hbond substituents is 2. The fourth-order valence-electron chi connectivity index (χ4n) is 5.79. The van der Waals surface area contributed by atoms with E-state index in [1.807, 2.05) is 6.92 Å². The molecule has 3 aromatic rings. The van der Waals surface area contributed by atoms with Crippen LogP contribution >= 0.6 is 0 Å². The van der Waals surface area contributed by atoms with Crippen LogP contribution in [0.5, 0.6) is 23.0 Å². The molecule has 3 aromatic carbocycles. The molecule has 1 atom stereocenters. The fraction of sp³-hybridized carbons (Fsp3) is 0.333. The number of aromatic hydroxyl groups is 2. The number of phenols is 2. The van der Waals surface area contributed by atoms with Crippen LogP contribution in [0.3, 0.4) is 0 Å². The van der Waals surface area contributed by atoms with Gasteiger partial charge in [0.05, 0.1) is 25.7 Å². The maximum Gasteiger partial charge on any atom is 0.340 e. The lowest BCUT2D eigenvalue weighted by atomic mass is 9.77. The number of amides is 1. The number of unbranched alkanes of at least 4 members (excludes halogenated alkanes) is 1. The summed E-state index contributed by atoms with van der Waals surface area (Å²) in [4.78, 5) is 26.3. The summed E-state index contributed by atoms with van der Waals surface area (Å²) < 4.78 is 44.6. The van der Waals surface area contributed by atoms with Gasteiger partial charge in [-0.2, -0.15) is 8.42 Å². The van der Waals surface area contributed by atoms with E-state index in [0.29, 0.717) is 36.2 Å². The summed E-state index contributed by atoms with van der Waals surface area (Å²) in [7, 11) is -2.40. The molecule has 4 N–H and O–H groups in total. The predicted octanol–water partition coefficient (Wildman–Crippen LogP) is 3.88. The lowest BCUT2D eigenvalue weighted by molar-refractivity contribution is -0.898. The number of carbonyl (C=O) groups excluding carboxylic acids is 2. The number of hydrogen-bond acceptors (Lipinski definition) is 8. The third-order valence-electron chi connectivity index (χ3n) is 7.72. The summed E-state index contributed by atoms with van der Waals surface area (Å²) in [5.41, 5.74) is 0.473. The number of hydrogen-bond donors (Lipinski definition) is 4. The van der Waals surface area contributed by atoms with Gasteiger partial charge in [-0.05, 0) is 42.8 Å². The fourth-order valence-corrected chi connectivity index (χ4v) is 6.83. The lowest BCUT2D eigenvalue weighted by Crippen LogP contribution is -2.49. The van der Waals surface area contributed by atoms with E-state index in [4.69, 9.17) is 9.47 Å². The molecule has 2 heterocycles. The molecular formula is C30H33N2O9S+. The van der Waals surface area contributed by atoms with E-state index in [2.05, 4.69) is 5.32 Å². The van der Waals surface area contributed by atoms with Gasteiger partial charge in [-0.1, -0.05) is 19.4 Å². The van der Waals surface area contributed by atoms with Crippen LogP contribution in [0.25, 0.3) is 0 Å². The van der Waals surface area contributed by atoms with Crippen molar-refractivity contribution in [2.75, 3.05) is 32.6 Å². The van der Waals surface area contributed by atoms with Gasteiger partial charge >= 0.3 is 16.1 Å². The first-order valence-corrected chi connectivity index (χ1v) is 15.3. The second-order valence-corrected chi connectivity index (χ2v) is 12.5. The van der Waals surface area contributed by atoms with Crippen molar-refractivity contribution in [1.29, 1.82) is 0 Å². The molecule has 222 valence electrons. The van der Waals surface area contributed by atoms with Gasteiger partial charge < -0.3 is 29.5 Å². The molecule has 11 nitrogen and oxygen atoms in total. The molecule has 0 radical (unpaired) electrons. The normalized spacial score (nSPS) is 16.0. The minimum absolute atomic E-state index is 0.0495. The maximum absolute atomic E-state index is 13.3. The monoisotopic (exact) mass is 597 g/mol. The summed E-state index contributed by atoms with van der Waals surface area (Å²) in [5.74, 6) is -1.03. The molecule has 2 aliphatic rings. The van der Waals surface area contributed by atoms with E-state index in [9.17, 15) is 32.8 Å². The van der Waals surface area contributed by atoms with Gasteiger partial charge in [0.25, 0.3) is 5.91 Å². The Bertz CT molecular complexity index is 1620. The Labute approximate surface area is 243 Å². The summed E-state index contributed by atoms with van der Waals surface area (Å²) in [6, 6.07) is 13.7. The van der Waals surface area contributed by atoms with Crippen molar-refractivity contribution in [3.8, 4) is 23.0 Å². The number of ether oxygens (including phenoxy) is 2. The Balaban J connectivity index is 1.38. The zero-order chi connectivity index (χ0) is 30.3. The third kappa shape index (κ3) is 5.52. The predicted molar refractivity (Wildman–Crippen MR) is 152 cm³/mol. The number of fused-ring (bicyclic) bond motifs is 6. The Kier molecular flexibility index (Phi) is 7.64. The zero-order valence-electron chi connectivity index (χ0n) is 23.3. The van der Waals surface area contributed by atoms with E-state index in [-0.39, 0.29) is 45.2 Å². The molecule has 0 fully saturated rings. The topological polar surface area (TPSA) is 159 Å². The van der Waals surface area contributed by atoms with Gasteiger partial charge in [0.1, 0.15) is 23.0 Å². The third-order valence-corrected chi connectivity index (χ3v) is 8.67. The molecule has 42 heavy (non-hydrogen) atoms. The molecule has 0 saturated carbocycles. The van der Waals surface area contributed by atoms with Crippen molar-refractivity contribution in [3.63, 3.8) is 0 Å². The second kappa shape index (κ2) is 10.9. The summed E-state index contributed by atoms with van der Waals surface area (Å²) in [6.45, 7) is 3.28. The van der Waals surface area contributed by atoms with Crippen LogP contribution in [0, 0.1) is 0 Å². The van der Waals surface area contributed by atoms with Gasteiger partial charge in [-0.15, -0.1) is 0 Å². The van der Waals surface area contributed by atoms with Crippen LogP contribution in [0.2, 0.25) is 0 Å². The molecule has 5 rings (SSSR count). The van der Waals surface area contributed by atoms with Crippen LogP contribution in [0.15, 0.2) is 54.6 Å². The zero-order valence-corrected chi connectivity index (χ0v) is 24.1. The van der Waals surface area contributed by atoms with E-state index in [0.717, 1.165) is 12.8 Å². The van der Waals surface area contributed by atoms with Gasteiger partial charge in [0, 0.05) is 47.4 Å². The van der Waals surface area contributed by atoms with Gasteiger partial charge in [-0.3, -0.25) is 9.35 Å². The number of esters is 1. The van der Waals surface area contributed by atoms with E-state index >= 15 is 0 Å². The van der Waals surface area contributed by atoms with E-state index in [1.54, 1.807) is 31.3 Å². The molecule has 0 bridgehead atoms. The molecule has 12 heteroatoms. The number of benzene rings is 3. The highest BCUT2D eigenvalue weighted by Crippen LogP contribution is 2.57. The number of carbonyl (C=O) groups is 2. The summed E-state index contributed by atoms with van der Waals surface area (Å²) in [5, 5.41) is 23.0. The molecule has 0 aliphatic carbocycles. The smallest absolute Gasteiger partial charge is 0.340 e. The van der Waals surface area contributed by atoms with Gasteiger partial charge in [0.2, 0.25) is 5.88 Å². The number of quaternary nitrogens is 1. The van der Waals surface area contributed by atoms with Gasteiger partial charge in [-0.25, -0.2) is 4.79 Å². The Morgan fingerprint density at radius 3 is 2.12 bits per heavy atom. The number of nitrogens with zero attached hydrogens (tertiary/aromatic N) is 1. The molecule has 2 aliphatic heterocycles. The van der Waals surface area contributed by atoms with Crippen LogP contribution < -0.4 is 10.1 Å². The van der Waals surface area contributed by atoms with Crippen molar-refractivity contribution in [1.82, 2.24) is 5.32 Å². The van der Waals surface area contributed by atoms with Crippen molar-refractivity contribution in [2.45, 2.75) is 31.8 Å². The minimum atomic E-state index is -4.16. The molecule has 0 aromatic heterocycles. The lowest BCUT2D eigenvalue weighted by Gasteiger charge is -2.36. The van der Waals surface area contributed by atoms with Gasteiger partial charge in [0.15, 0.2) is 5.60 Å². The van der Waals surface area contributed by atoms with Crippen LogP contribution in [-0.4, -0.2) is 72.1 Å². The first-order chi connectivity index (χ1) is 19.8. The molecular weight excluding hydrogens is 564 g/mol. The minimum Gasteiger partial charge on any atom is -0.508 e. The van der Waals surface area contributed by atoms with Crippen molar-refractivity contribution < 1.29 is 46.7 Å². The van der Waals surface area contributed by atoms with Crippen LogP contribution in [-0.2, 0) is 20.5 Å². The average Bonchev–Trinajstić information content (AvgIpc) is 3.20. The highest BCUT2D eigenvalue weighted by molar-refractivity contribution is 7.85. The molecule has 1 amide bonds. The highest BCUT2D eigenvalue weighted by Gasteiger charge is 2.53. The van der Waals surface area contributed by atoms with Crippen LogP contribution in [0.1, 0.15) is 63.6 Å². The Morgan fingerprint density at radius 1 is 0.929 bits per heavy atom. The molecule has 0 saturated heterocycles. The molecule has 1 unspecified atom stereocenters. The second-order valence-electron chi connectivity index (χ2n) is 11.0. The maximum atomic E-state index is 13.3. The SMILES string of the molecule is CCCC[N+](C)(CCCNC(=O)c1ccc2c(c1)C(=O)OC21c2ccc(O)cc2Oc2cc(O)ccc21)CS(=O)(=O)O. The average molecular weight is 598 g/mol. The Morgan fingerprint density at radius 2 is 1.52 bits per heavy atom. The van der Waals surface area contributed by atoms with E-state index < -0.39 is 33.5 Å². The first-order valence-electron chi connectivity index (χ1n) is 13.6. The van der Waals surface area contributed by atoms with Crippen LogP contribution in [0.4, 0.5) is 0 Å². The Hall–Kier alpha value is -4.13. The largest absolute Gasteiger partial charge is 0.508 e. The van der Waals surface area contributed by atoms with Crippen molar-refractivity contribution >= 4 is 22.0 Å². The number of rotatable bonds is 10.